The van der Waals surface area contributed by atoms with Crippen LogP contribution in [0.1, 0.15) is 0 Å². The van der Waals surface area contributed by atoms with Crippen molar-refractivity contribution in [3.63, 3.8) is 0 Å². The topological polar surface area (TPSA) is 70.1 Å². The minimum atomic E-state index is -1.00. The van der Waals surface area contributed by atoms with E-state index in [0.717, 1.165) is 0 Å². The smallest absolute Gasteiger partial charge is 0.407 e. The van der Waals surface area contributed by atoms with Gasteiger partial charge >= 0.3 is 6.09 Å². The van der Waals surface area contributed by atoms with Gasteiger partial charge in [0.2, 0.25) is 0 Å². The number of hydrogen-bond acceptors (Lipinski definition) is 3. The molecule has 0 unspecified atom stereocenters. The molecule has 2 heterocycles. The number of likely N-dealkylation sites (tertiary alicyclic amines) is 1. The van der Waals surface area contributed by atoms with Gasteiger partial charge in [-0.15, -0.1) is 0 Å². The van der Waals surface area contributed by atoms with E-state index in [1.807, 2.05) is 0 Å². The van der Waals surface area contributed by atoms with Gasteiger partial charge in [0.1, 0.15) is 11.6 Å². The molecule has 0 saturated carbocycles. The van der Waals surface area contributed by atoms with Crippen molar-refractivity contribution in [2.24, 2.45) is 0 Å². The van der Waals surface area contributed by atoms with E-state index in [2.05, 4.69) is 0 Å². The minimum Gasteiger partial charge on any atom is -0.481 e. The molecule has 0 radical (unpaired) electrons. The summed E-state index contributed by atoms with van der Waals surface area (Å²) in [5.41, 5.74) is 0.493. The summed E-state index contributed by atoms with van der Waals surface area (Å²) in [5, 5.41) is 8.80. The summed E-state index contributed by atoms with van der Waals surface area (Å²) in [6.07, 6.45) is -1.00. The molecule has 1 aromatic rings. The van der Waals surface area contributed by atoms with Crippen LogP contribution < -0.4 is 9.64 Å². The first-order valence-corrected chi connectivity index (χ1v) is 5.78. The Morgan fingerprint density at radius 1 is 1.42 bits per heavy atom. The fraction of sp³-hybridized carbons (Fsp3) is 0.333. The molecule has 0 aliphatic carbocycles. The van der Waals surface area contributed by atoms with E-state index in [9.17, 15) is 14.0 Å². The van der Waals surface area contributed by atoms with Gasteiger partial charge in [-0.2, -0.15) is 0 Å². The number of carbonyl (C=O) groups is 2. The maximum Gasteiger partial charge on any atom is 0.407 e. The third-order valence-electron chi connectivity index (χ3n) is 3.30. The van der Waals surface area contributed by atoms with E-state index in [0.29, 0.717) is 11.4 Å². The number of benzene rings is 1. The molecule has 1 saturated heterocycles. The van der Waals surface area contributed by atoms with Crippen molar-refractivity contribution in [3.05, 3.63) is 24.0 Å². The number of ether oxygens (including phenoxy) is 1. The number of fused-ring (bicyclic) bond motifs is 1. The molecule has 6 nitrogen and oxygen atoms in total. The first-order valence-electron chi connectivity index (χ1n) is 5.78. The summed E-state index contributed by atoms with van der Waals surface area (Å²) >= 11 is 0. The molecule has 2 aliphatic rings. The highest BCUT2D eigenvalue weighted by molar-refractivity contribution is 5.98. The number of rotatable bonds is 1. The summed E-state index contributed by atoms with van der Waals surface area (Å²) in [7, 11) is 0. The zero-order valence-electron chi connectivity index (χ0n) is 9.88. The van der Waals surface area contributed by atoms with Gasteiger partial charge in [0, 0.05) is 19.2 Å². The predicted molar refractivity (Wildman–Crippen MR) is 62.8 cm³/mol. The van der Waals surface area contributed by atoms with Gasteiger partial charge in [-0.3, -0.25) is 9.69 Å². The van der Waals surface area contributed by atoms with E-state index in [4.69, 9.17) is 9.84 Å². The molecule has 19 heavy (non-hydrogen) atoms. The minimum absolute atomic E-state index is 0.153. The Kier molecular flexibility index (Phi) is 2.55. The van der Waals surface area contributed by atoms with Gasteiger partial charge in [0.25, 0.3) is 5.91 Å². The van der Waals surface area contributed by atoms with Crippen LogP contribution in [0.3, 0.4) is 0 Å². The molecule has 1 aromatic carbocycles. The highest BCUT2D eigenvalue weighted by Crippen LogP contribution is 2.35. The average molecular weight is 266 g/mol. The number of carbonyl (C=O) groups excluding carboxylic acids is 1. The summed E-state index contributed by atoms with van der Waals surface area (Å²) in [6, 6.07) is 3.74. The molecular formula is C12H11FN2O4. The van der Waals surface area contributed by atoms with Gasteiger partial charge in [-0.25, -0.2) is 9.18 Å². The van der Waals surface area contributed by atoms with Gasteiger partial charge in [-0.1, -0.05) is 0 Å². The Balaban J connectivity index is 1.86. The SMILES string of the molecule is O=C(O)N1CC(N2C(=O)COc3cc(F)ccc32)C1. The standard InChI is InChI=1S/C12H11FN2O4/c13-7-1-2-9-10(3-7)19-6-11(16)15(9)8-4-14(5-8)12(17)18/h1-3,8H,4-6H2,(H,17,18). The number of hydrogen-bond donors (Lipinski definition) is 1. The molecule has 2 aliphatic heterocycles. The molecule has 1 N–H and O–H groups in total. The maximum atomic E-state index is 13.1. The molecule has 0 spiro atoms. The second kappa shape index (κ2) is 4.11. The van der Waals surface area contributed by atoms with Crippen LogP contribution in [-0.2, 0) is 4.79 Å². The van der Waals surface area contributed by atoms with Crippen LogP contribution in [0.15, 0.2) is 18.2 Å². The van der Waals surface area contributed by atoms with Crippen molar-refractivity contribution in [1.29, 1.82) is 0 Å². The quantitative estimate of drug-likeness (QED) is 0.820. The van der Waals surface area contributed by atoms with Crippen molar-refractivity contribution in [1.82, 2.24) is 4.90 Å². The molecule has 7 heteroatoms. The van der Waals surface area contributed by atoms with E-state index >= 15 is 0 Å². The summed E-state index contributed by atoms with van der Waals surface area (Å²) in [4.78, 5) is 25.3. The van der Waals surface area contributed by atoms with E-state index in [-0.39, 0.29) is 31.6 Å². The second-order valence-corrected chi connectivity index (χ2v) is 4.51. The molecule has 0 atom stereocenters. The lowest BCUT2D eigenvalue weighted by atomic mass is 10.1. The summed E-state index contributed by atoms with van der Waals surface area (Å²) in [6.45, 7) is 0.371. The molecule has 1 fully saturated rings. The number of anilines is 1. The van der Waals surface area contributed by atoms with Gasteiger partial charge in [-0.05, 0) is 12.1 Å². The van der Waals surface area contributed by atoms with Crippen molar-refractivity contribution < 1.29 is 23.8 Å². The van der Waals surface area contributed by atoms with Crippen molar-refractivity contribution in [3.8, 4) is 5.75 Å². The van der Waals surface area contributed by atoms with Crippen molar-refractivity contribution >= 4 is 17.7 Å². The average Bonchev–Trinajstić information content (AvgIpc) is 2.29. The molecule has 0 bridgehead atoms. The lowest BCUT2D eigenvalue weighted by molar-refractivity contribution is -0.122. The maximum absolute atomic E-state index is 13.1. The zero-order valence-corrected chi connectivity index (χ0v) is 9.88. The first-order chi connectivity index (χ1) is 9.06. The third kappa shape index (κ3) is 1.87. The molecule has 2 amide bonds. The van der Waals surface area contributed by atoms with Crippen LogP contribution in [0.2, 0.25) is 0 Å². The van der Waals surface area contributed by atoms with Crippen LogP contribution in [0, 0.1) is 5.82 Å². The highest BCUT2D eigenvalue weighted by Gasteiger charge is 2.40. The zero-order chi connectivity index (χ0) is 13.6. The first kappa shape index (κ1) is 11.8. The molecule has 0 aromatic heterocycles. The highest BCUT2D eigenvalue weighted by atomic mass is 19.1. The largest absolute Gasteiger partial charge is 0.481 e. The summed E-state index contributed by atoms with van der Waals surface area (Å²) in [5.74, 6) is -0.364. The van der Waals surface area contributed by atoms with Gasteiger partial charge < -0.3 is 14.7 Å². The Morgan fingerprint density at radius 3 is 2.84 bits per heavy atom. The van der Waals surface area contributed by atoms with Crippen LogP contribution >= 0.6 is 0 Å². The molecule has 3 rings (SSSR count). The lowest BCUT2D eigenvalue weighted by Crippen LogP contribution is -2.63. The molecule has 100 valence electrons. The van der Waals surface area contributed by atoms with Crippen molar-refractivity contribution in [2.75, 3.05) is 24.6 Å². The number of amides is 2. The number of halogens is 1. The lowest BCUT2D eigenvalue weighted by Gasteiger charge is -2.45. The second-order valence-electron chi connectivity index (χ2n) is 4.51. The Labute approximate surface area is 108 Å². The fourth-order valence-electron chi connectivity index (χ4n) is 2.32. The summed E-state index contributed by atoms with van der Waals surface area (Å²) < 4.78 is 18.3. The number of carboxylic acid groups (broad SMARTS) is 1. The normalized spacial score (nSPS) is 18.7. The van der Waals surface area contributed by atoms with Crippen molar-refractivity contribution in [2.45, 2.75) is 6.04 Å². The van der Waals surface area contributed by atoms with Crippen LogP contribution in [0.4, 0.5) is 14.9 Å². The predicted octanol–water partition coefficient (Wildman–Crippen LogP) is 0.913. The van der Waals surface area contributed by atoms with Crippen LogP contribution in [-0.4, -0.2) is 47.7 Å². The Morgan fingerprint density at radius 2 is 2.16 bits per heavy atom. The van der Waals surface area contributed by atoms with E-state index in [1.165, 1.54) is 28.0 Å². The van der Waals surface area contributed by atoms with Crippen LogP contribution in [0.5, 0.6) is 5.75 Å². The fourth-order valence-corrected chi connectivity index (χ4v) is 2.32. The van der Waals surface area contributed by atoms with E-state index < -0.39 is 11.9 Å². The van der Waals surface area contributed by atoms with Gasteiger partial charge in [0.05, 0.1) is 11.7 Å². The molecular weight excluding hydrogens is 255 g/mol. The Hall–Kier alpha value is -2.31. The van der Waals surface area contributed by atoms with Gasteiger partial charge in [0.15, 0.2) is 6.61 Å². The monoisotopic (exact) mass is 266 g/mol. The Bertz CT molecular complexity index is 557. The number of nitrogens with zero attached hydrogens (tertiary/aromatic N) is 2. The van der Waals surface area contributed by atoms with Crippen LogP contribution in [0.25, 0.3) is 0 Å². The third-order valence-corrected chi connectivity index (χ3v) is 3.30. The van der Waals surface area contributed by atoms with E-state index in [1.54, 1.807) is 0 Å².